The van der Waals surface area contributed by atoms with E-state index in [1.807, 2.05) is 24.0 Å². The second-order valence-electron chi connectivity index (χ2n) is 5.20. The number of benzene rings is 1. The van der Waals surface area contributed by atoms with Crippen LogP contribution >= 0.6 is 0 Å². The van der Waals surface area contributed by atoms with Crippen LogP contribution in [0.5, 0.6) is 0 Å². The second-order valence-corrected chi connectivity index (χ2v) is 5.20. The fourth-order valence-electron chi connectivity index (χ4n) is 2.19. The first-order chi connectivity index (χ1) is 9.74. The molecular weight excluding hydrogens is 246 g/mol. The molecule has 0 saturated carbocycles. The summed E-state index contributed by atoms with van der Waals surface area (Å²) in [6.45, 7) is 4.15. The first-order valence-corrected chi connectivity index (χ1v) is 7.14. The summed E-state index contributed by atoms with van der Waals surface area (Å²) in [5.74, 6) is 0. The average Bonchev–Trinajstić information content (AvgIpc) is 2.85. The minimum atomic E-state index is 0.946. The topological polar surface area (TPSA) is 29.9 Å². The second kappa shape index (κ2) is 7.65. The van der Waals surface area contributed by atoms with Crippen molar-refractivity contribution in [3.63, 3.8) is 0 Å². The van der Waals surface area contributed by atoms with Crippen LogP contribution in [-0.2, 0) is 13.5 Å². The van der Waals surface area contributed by atoms with Crippen molar-refractivity contribution in [3.05, 3.63) is 59.4 Å². The molecule has 0 fully saturated rings. The molecule has 0 spiro atoms. The van der Waals surface area contributed by atoms with Crippen LogP contribution in [0.25, 0.3) is 6.08 Å². The Morgan fingerprint density at radius 2 is 2.10 bits per heavy atom. The molecule has 0 radical (unpaired) electrons. The van der Waals surface area contributed by atoms with Crippen molar-refractivity contribution < 1.29 is 0 Å². The van der Waals surface area contributed by atoms with Crippen molar-refractivity contribution in [1.82, 2.24) is 15.1 Å². The van der Waals surface area contributed by atoms with Crippen LogP contribution in [0, 0.1) is 0 Å². The van der Waals surface area contributed by atoms with Gasteiger partial charge in [-0.05, 0) is 37.4 Å². The summed E-state index contributed by atoms with van der Waals surface area (Å²) in [4.78, 5) is 0. The van der Waals surface area contributed by atoms with Crippen LogP contribution in [-0.4, -0.2) is 22.9 Å². The monoisotopic (exact) mass is 269 g/mol. The number of nitrogens with zero attached hydrogens (tertiary/aromatic N) is 2. The first kappa shape index (κ1) is 14.5. The molecule has 1 aromatic carbocycles. The quantitative estimate of drug-likeness (QED) is 0.783. The highest BCUT2D eigenvalue weighted by molar-refractivity contribution is 5.52. The zero-order valence-corrected chi connectivity index (χ0v) is 12.3. The molecule has 1 heterocycles. The van der Waals surface area contributed by atoms with Crippen LogP contribution in [0.1, 0.15) is 24.5 Å². The molecular formula is C17H23N3. The summed E-state index contributed by atoms with van der Waals surface area (Å²) in [6.07, 6.45) is 8.49. The van der Waals surface area contributed by atoms with E-state index in [-0.39, 0.29) is 0 Å². The highest BCUT2D eigenvalue weighted by atomic mass is 15.2. The minimum absolute atomic E-state index is 0.946. The zero-order chi connectivity index (χ0) is 14.2. The van der Waals surface area contributed by atoms with E-state index in [1.54, 1.807) is 0 Å². The maximum absolute atomic E-state index is 4.18. The van der Waals surface area contributed by atoms with Gasteiger partial charge in [0.2, 0.25) is 0 Å². The van der Waals surface area contributed by atoms with Crippen molar-refractivity contribution >= 4 is 6.08 Å². The molecule has 2 aromatic rings. The minimum Gasteiger partial charge on any atom is -0.313 e. The molecule has 0 saturated heterocycles. The summed E-state index contributed by atoms with van der Waals surface area (Å²) >= 11 is 0. The average molecular weight is 269 g/mol. The lowest BCUT2D eigenvalue weighted by Crippen LogP contribution is -2.17. The third-order valence-electron chi connectivity index (χ3n) is 3.19. The molecule has 0 amide bonds. The Morgan fingerprint density at radius 3 is 2.80 bits per heavy atom. The molecule has 106 valence electrons. The first-order valence-electron chi connectivity index (χ1n) is 7.14. The molecule has 20 heavy (non-hydrogen) atoms. The van der Waals surface area contributed by atoms with E-state index in [9.17, 15) is 0 Å². The van der Waals surface area contributed by atoms with Crippen LogP contribution in [0.15, 0.2) is 48.3 Å². The Labute approximate surface area is 121 Å². The molecule has 2 rings (SSSR count). The number of rotatable bonds is 7. The molecule has 3 nitrogen and oxygen atoms in total. The Hall–Kier alpha value is -1.87. The van der Waals surface area contributed by atoms with Crippen molar-refractivity contribution in [1.29, 1.82) is 0 Å². The van der Waals surface area contributed by atoms with Crippen molar-refractivity contribution in [2.24, 2.45) is 7.05 Å². The van der Waals surface area contributed by atoms with Crippen molar-refractivity contribution in [2.75, 3.05) is 13.1 Å². The van der Waals surface area contributed by atoms with Gasteiger partial charge in [-0.3, -0.25) is 4.68 Å². The van der Waals surface area contributed by atoms with Gasteiger partial charge in [0.1, 0.15) is 0 Å². The Morgan fingerprint density at radius 1 is 1.30 bits per heavy atom. The molecule has 0 aliphatic heterocycles. The normalized spacial score (nSPS) is 11.8. The highest BCUT2D eigenvalue weighted by Crippen LogP contribution is 2.05. The molecule has 1 N–H and O–H groups in total. The molecule has 0 unspecified atom stereocenters. The van der Waals surface area contributed by atoms with E-state index in [2.05, 4.69) is 53.9 Å². The van der Waals surface area contributed by atoms with Gasteiger partial charge in [-0.25, -0.2) is 0 Å². The highest BCUT2D eigenvalue weighted by Gasteiger charge is 1.96. The van der Waals surface area contributed by atoms with Gasteiger partial charge in [-0.2, -0.15) is 5.10 Å². The van der Waals surface area contributed by atoms with Gasteiger partial charge in [0, 0.05) is 19.8 Å². The fourth-order valence-corrected chi connectivity index (χ4v) is 2.19. The van der Waals surface area contributed by atoms with Crippen LogP contribution in [0.4, 0.5) is 0 Å². The van der Waals surface area contributed by atoms with Crippen LogP contribution in [0.2, 0.25) is 0 Å². The van der Waals surface area contributed by atoms with Gasteiger partial charge < -0.3 is 5.32 Å². The molecule has 0 bridgehead atoms. The van der Waals surface area contributed by atoms with Crippen molar-refractivity contribution in [3.8, 4) is 0 Å². The summed E-state index contributed by atoms with van der Waals surface area (Å²) in [7, 11) is 1.96. The Balaban J connectivity index is 1.64. The molecule has 3 heteroatoms. The van der Waals surface area contributed by atoms with Gasteiger partial charge in [0.05, 0.1) is 6.20 Å². The zero-order valence-electron chi connectivity index (χ0n) is 12.3. The number of hydrogen-bond acceptors (Lipinski definition) is 2. The van der Waals surface area contributed by atoms with E-state index in [0.717, 1.165) is 25.9 Å². The van der Waals surface area contributed by atoms with Gasteiger partial charge in [-0.1, -0.05) is 42.0 Å². The summed E-state index contributed by atoms with van der Waals surface area (Å²) in [6, 6.07) is 10.4. The predicted molar refractivity (Wildman–Crippen MR) is 84.5 cm³/mol. The van der Waals surface area contributed by atoms with E-state index in [1.165, 1.54) is 16.7 Å². The van der Waals surface area contributed by atoms with E-state index < -0.39 is 0 Å². The third kappa shape index (κ3) is 5.02. The van der Waals surface area contributed by atoms with Gasteiger partial charge >= 0.3 is 0 Å². The van der Waals surface area contributed by atoms with Crippen LogP contribution in [0.3, 0.4) is 0 Å². The van der Waals surface area contributed by atoms with E-state index in [4.69, 9.17) is 0 Å². The largest absolute Gasteiger partial charge is 0.313 e. The number of nitrogens with one attached hydrogen (secondary N) is 1. The maximum Gasteiger partial charge on any atom is 0.0521 e. The van der Waals surface area contributed by atoms with Crippen molar-refractivity contribution in [2.45, 2.75) is 19.8 Å². The molecule has 1 aromatic heterocycles. The fraction of sp³-hybridized carbons (Fsp3) is 0.353. The Bertz CT molecular complexity index is 540. The Kier molecular flexibility index (Phi) is 5.56. The lowest BCUT2D eigenvalue weighted by molar-refractivity contribution is 0.682. The standard InChI is InChI=1S/C17H23N3/c1-15(11-16-7-4-3-5-8-16)12-18-10-6-9-17-13-19-20(2)14-17/h3-5,7-8,11,13-14,18H,6,9-10,12H2,1-2H3/b15-11-. The van der Waals surface area contributed by atoms with Crippen LogP contribution < -0.4 is 5.32 Å². The van der Waals surface area contributed by atoms with Gasteiger partial charge in [-0.15, -0.1) is 0 Å². The van der Waals surface area contributed by atoms with E-state index >= 15 is 0 Å². The molecule has 0 aliphatic rings. The number of aryl methyl sites for hydroxylation is 2. The summed E-state index contributed by atoms with van der Waals surface area (Å²) < 4.78 is 1.86. The summed E-state index contributed by atoms with van der Waals surface area (Å²) in [5, 5.41) is 7.66. The molecule has 0 aliphatic carbocycles. The molecule has 0 atom stereocenters. The van der Waals surface area contributed by atoms with Gasteiger partial charge in [0.15, 0.2) is 0 Å². The lowest BCUT2D eigenvalue weighted by atomic mass is 10.1. The van der Waals surface area contributed by atoms with Gasteiger partial charge in [0.25, 0.3) is 0 Å². The number of hydrogen-bond donors (Lipinski definition) is 1. The predicted octanol–water partition coefficient (Wildman–Crippen LogP) is 3.05. The summed E-state index contributed by atoms with van der Waals surface area (Å²) in [5.41, 5.74) is 3.94. The van der Waals surface area contributed by atoms with E-state index in [0.29, 0.717) is 0 Å². The smallest absolute Gasteiger partial charge is 0.0521 e. The SMILES string of the molecule is C/C(=C/c1ccccc1)CNCCCc1cnn(C)c1. The maximum atomic E-state index is 4.18. The third-order valence-corrected chi connectivity index (χ3v) is 3.19. The number of aromatic nitrogens is 2. The lowest BCUT2D eigenvalue weighted by Gasteiger charge is -2.05.